The van der Waals surface area contributed by atoms with Crippen LogP contribution in [0.25, 0.3) is 0 Å². The first-order valence-electron chi connectivity index (χ1n) is 9.37. The van der Waals surface area contributed by atoms with Crippen molar-refractivity contribution >= 4 is 29.0 Å². The van der Waals surface area contributed by atoms with Crippen LogP contribution in [0.4, 0.5) is 11.5 Å². The molecule has 0 unspecified atom stereocenters. The van der Waals surface area contributed by atoms with Crippen molar-refractivity contribution in [2.45, 2.75) is 13.3 Å². The Morgan fingerprint density at radius 3 is 2.71 bits per heavy atom. The van der Waals surface area contributed by atoms with E-state index < -0.39 is 5.91 Å². The fraction of sp³-hybridized carbons (Fsp3) is 0.200. The minimum absolute atomic E-state index is 0.0251. The molecule has 11 nitrogen and oxygen atoms in total. The topological polar surface area (TPSA) is 162 Å². The highest BCUT2D eigenvalue weighted by atomic mass is 16.3. The quantitative estimate of drug-likeness (QED) is 0.313. The van der Waals surface area contributed by atoms with Crippen LogP contribution in [0.5, 0.6) is 0 Å². The molecular formula is C20H21N9O2. The molecule has 0 atom stereocenters. The predicted octanol–water partition coefficient (Wildman–Crippen LogP) is 1.29. The van der Waals surface area contributed by atoms with E-state index in [-0.39, 0.29) is 42.6 Å². The first kappa shape index (κ1) is 21.6. The van der Waals surface area contributed by atoms with Crippen LogP contribution in [-0.4, -0.2) is 60.6 Å². The Morgan fingerprint density at radius 1 is 1.19 bits per heavy atom. The highest BCUT2D eigenvalue weighted by molar-refractivity contribution is 6.15. The summed E-state index contributed by atoms with van der Waals surface area (Å²) in [5.41, 5.74) is 1.78. The third kappa shape index (κ3) is 6.18. The summed E-state index contributed by atoms with van der Waals surface area (Å²) in [5.74, 6) is -0.118. The molecule has 0 saturated carbocycles. The Balaban J connectivity index is 1.81. The number of aliphatic imine (C=N–C) groups is 1. The number of anilines is 2. The molecule has 0 aliphatic rings. The second kappa shape index (κ2) is 10.6. The van der Waals surface area contributed by atoms with Crippen LogP contribution in [0.1, 0.15) is 28.3 Å². The number of carbonyl (C=O) groups is 1. The van der Waals surface area contributed by atoms with E-state index in [1.807, 2.05) is 0 Å². The maximum Gasteiger partial charge on any atom is 0.279 e. The SMILES string of the molecule is Cc1cnc(Nc2cncnc2)c(C(=O)NC(CC(=N)c2ccccn2)=NCCO)n1. The fourth-order valence-electron chi connectivity index (χ4n) is 2.54. The molecule has 0 fully saturated rings. The van der Waals surface area contributed by atoms with Crippen molar-refractivity contribution in [2.75, 3.05) is 18.5 Å². The number of nitrogens with one attached hydrogen (secondary N) is 3. The maximum absolute atomic E-state index is 13.0. The van der Waals surface area contributed by atoms with Crippen molar-refractivity contribution in [3.05, 3.63) is 66.4 Å². The largest absolute Gasteiger partial charge is 0.394 e. The molecule has 4 N–H and O–H groups in total. The molecule has 3 rings (SSSR count). The molecule has 3 aromatic rings. The number of pyridine rings is 1. The smallest absolute Gasteiger partial charge is 0.279 e. The van der Waals surface area contributed by atoms with E-state index in [1.165, 1.54) is 12.5 Å². The Kier molecular flexibility index (Phi) is 7.38. The van der Waals surface area contributed by atoms with Gasteiger partial charge < -0.3 is 21.1 Å². The molecule has 31 heavy (non-hydrogen) atoms. The van der Waals surface area contributed by atoms with Gasteiger partial charge in [-0.1, -0.05) is 6.07 Å². The van der Waals surface area contributed by atoms with Crippen LogP contribution >= 0.6 is 0 Å². The number of aliphatic hydroxyl groups is 1. The molecule has 0 aromatic carbocycles. The summed E-state index contributed by atoms with van der Waals surface area (Å²) in [6.45, 7) is 1.61. The van der Waals surface area contributed by atoms with Crippen molar-refractivity contribution in [1.29, 1.82) is 5.41 Å². The lowest BCUT2D eigenvalue weighted by Gasteiger charge is -2.13. The van der Waals surface area contributed by atoms with Gasteiger partial charge in [0.05, 0.1) is 54.5 Å². The van der Waals surface area contributed by atoms with Gasteiger partial charge in [0.2, 0.25) is 0 Å². The minimum atomic E-state index is -0.555. The summed E-state index contributed by atoms with van der Waals surface area (Å²) in [7, 11) is 0. The van der Waals surface area contributed by atoms with Gasteiger partial charge in [-0.15, -0.1) is 0 Å². The van der Waals surface area contributed by atoms with E-state index >= 15 is 0 Å². The van der Waals surface area contributed by atoms with Crippen LogP contribution in [0, 0.1) is 12.3 Å². The third-order valence-corrected chi connectivity index (χ3v) is 3.91. The molecule has 0 aliphatic heterocycles. The molecule has 0 radical (unpaired) electrons. The Labute approximate surface area is 178 Å². The molecule has 3 aromatic heterocycles. The normalized spacial score (nSPS) is 11.1. The Morgan fingerprint density at radius 2 is 2.00 bits per heavy atom. The second-order valence-electron chi connectivity index (χ2n) is 6.34. The van der Waals surface area contributed by atoms with Crippen LogP contribution in [0.2, 0.25) is 0 Å². The molecule has 0 saturated heterocycles. The number of aryl methyl sites for hydroxylation is 1. The number of hydrogen-bond acceptors (Lipinski definition) is 10. The summed E-state index contributed by atoms with van der Waals surface area (Å²) in [4.78, 5) is 37.7. The predicted molar refractivity (Wildman–Crippen MR) is 115 cm³/mol. The molecular weight excluding hydrogens is 398 g/mol. The average Bonchev–Trinajstić information content (AvgIpc) is 2.79. The zero-order valence-corrected chi connectivity index (χ0v) is 16.8. The van der Waals surface area contributed by atoms with E-state index in [9.17, 15) is 4.79 Å². The number of carbonyl (C=O) groups excluding carboxylic acids is 1. The number of aliphatic hydroxyl groups excluding tert-OH is 1. The lowest BCUT2D eigenvalue weighted by atomic mass is 10.1. The van der Waals surface area contributed by atoms with E-state index in [2.05, 4.69) is 40.5 Å². The summed E-state index contributed by atoms with van der Waals surface area (Å²) in [6, 6.07) is 5.22. The molecule has 1 amide bonds. The van der Waals surface area contributed by atoms with Gasteiger partial charge in [-0.25, -0.2) is 19.9 Å². The van der Waals surface area contributed by atoms with Crippen molar-refractivity contribution < 1.29 is 9.90 Å². The fourth-order valence-corrected chi connectivity index (χ4v) is 2.54. The lowest BCUT2D eigenvalue weighted by Crippen LogP contribution is -2.34. The van der Waals surface area contributed by atoms with Crippen LogP contribution in [0.15, 0.2) is 54.3 Å². The molecule has 0 aliphatic carbocycles. The molecule has 11 heteroatoms. The second-order valence-corrected chi connectivity index (χ2v) is 6.34. The Bertz CT molecular complexity index is 1070. The zero-order chi connectivity index (χ0) is 22.1. The van der Waals surface area contributed by atoms with Gasteiger partial charge in [0.15, 0.2) is 11.5 Å². The number of rotatable bonds is 8. The van der Waals surface area contributed by atoms with E-state index in [4.69, 9.17) is 10.5 Å². The van der Waals surface area contributed by atoms with Gasteiger partial charge >= 0.3 is 0 Å². The van der Waals surface area contributed by atoms with Gasteiger partial charge in [0.25, 0.3) is 5.91 Å². The van der Waals surface area contributed by atoms with Crippen molar-refractivity contribution in [3.63, 3.8) is 0 Å². The summed E-state index contributed by atoms with van der Waals surface area (Å²) < 4.78 is 0. The number of amides is 1. The van der Waals surface area contributed by atoms with Gasteiger partial charge in [-0.05, 0) is 19.1 Å². The van der Waals surface area contributed by atoms with Crippen molar-refractivity contribution in [1.82, 2.24) is 30.2 Å². The summed E-state index contributed by atoms with van der Waals surface area (Å²) in [6.07, 6.45) is 7.61. The van der Waals surface area contributed by atoms with Crippen molar-refractivity contribution in [3.8, 4) is 0 Å². The highest BCUT2D eigenvalue weighted by Gasteiger charge is 2.19. The first-order chi connectivity index (χ1) is 15.1. The molecule has 3 heterocycles. The first-order valence-corrected chi connectivity index (χ1v) is 9.37. The number of hydrogen-bond donors (Lipinski definition) is 4. The highest BCUT2D eigenvalue weighted by Crippen LogP contribution is 2.16. The van der Waals surface area contributed by atoms with Crippen molar-refractivity contribution in [2.24, 2.45) is 4.99 Å². The van der Waals surface area contributed by atoms with E-state index in [0.717, 1.165) is 0 Å². The number of amidine groups is 1. The van der Waals surface area contributed by atoms with Crippen LogP contribution in [-0.2, 0) is 0 Å². The van der Waals surface area contributed by atoms with Crippen LogP contribution in [0.3, 0.4) is 0 Å². The lowest BCUT2D eigenvalue weighted by molar-refractivity contribution is 0.0972. The van der Waals surface area contributed by atoms with Gasteiger partial charge in [0.1, 0.15) is 12.2 Å². The molecule has 0 spiro atoms. The van der Waals surface area contributed by atoms with Gasteiger partial charge in [-0.3, -0.25) is 14.8 Å². The summed E-state index contributed by atoms with van der Waals surface area (Å²) in [5, 5.41) is 23.0. The van der Waals surface area contributed by atoms with E-state index in [1.54, 1.807) is 43.7 Å². The Hall–Kier alpha value is -4.12. The van der Waals surface area contributed by atoms with Gasteiger partial charge in [0, 0.05) is 12.6 Å². The standard InChI is InChI=1S/C20H21N9O2/c1-13-9-26-19(28-14-10-22-12-23-11-14)18(27-13)20(31)29-17(25-6-7-30)8-15(21)16-4-2-3-5-24-16/h2-5,9-12,21,30H,6-8H2,1H3,(H,26,28)(H,25,29,31). The number of nitrogens with zero attached hydrogens (tertiary/aromatic N) is 6. The average molecular weight is 419 g/mol. The minimum Gasteiger partial charge on any atom is -0.394 e. The van der Waals surface area contributed by atoms with Gasteiger partial charge in [-0.2, -0.15) is 0 Å². The molecule has 0 bridgehead atoms. The van der Waals surface area contributed by atoms with Crippen LogP contribution < -0.4 is 10.6 Å². The maximum atomic E-state index is 13.0. The summed E-state index contributed by atoms with van der Waals surface area (Å²) >= 11 is 0. The number of aromatic nitrogens is 5. The van der Waals surface area contributed by atoms with E-state index in [0.29, 0.717) is 17.1 Å². The monoisotopic (exact) mass is 419 g/mol. The molecule has 158 valence electrons. The zero-order valence-electron chi connectivity index (χ0n) is 16.8. The third-order valence-electron chi connectivity index (χ3n) is 3.91.